The van der Waals surface area contributed by atoms with Gasteiger partial charge in [0.2, 0.25) is 0 Å². The van der Waals surface area contributed by atoms with Gasteiger partial charge in [-0.3, -0.25) is 0 Å². The Hall–Kier alpha value is -1.28. The van der Waals surface area contributed by atoms with E-state index in [0.717, 1.165) is 29.7 Å². The lowest BCUT2D eigenvalue weighted by atomic mass is 9.83. The number of hydrogen-bond acceptors (Lipinski definition) is 2. The average Bonchev–Trinajstić information content (AvgIpc) is 2.84. The van der Waals surface area contributed by atoms with Crippen molar-refractivity contribution in [2.45, 2.75) is 52.5 Å². The minimum Gasteiger partial charge on any atom is -0.459 e. The highest BCUT2D eigenvalue weighted by Crippen LogP contribution is 2.31. The summed E-state index contributed by atoms with van der Waals surface area (Å²) in [6.07, 6.45) is 5.54. The van der Waals surface area contributed by atoms with Gasteiger partial charge in [0.1, 0.15) is 11.3 Å². The van der Waals surface area contributed by atoms with Crippen LogP contribution in [0, 0.1) is 18.8 Å². The predicted molar refractivity (Wildman–Crippen MR) is 88.5 cm³/mol. The molecule has 1 saturated carbocycles. The highest BCUT2D eigenvalue weighted by Gasteiger charge is 2.20. The molecule has 1 unspecified atom stereocenters. The molecule has 1 N–H and O–H groups in total. The number of para-hydroxylation sites is 1. The van der Waals surface area contributed by atoms with Crippen molar-refractivity contribution in [3.8, 4) is 0 Å². The highest BCUT2D eigenvalue weighted by molar-refractivity contribution is 5.82. The van der Waals surface area contributed by atoms with Crippen molar-refractivity contribution in [3.63, 3.8) is 0 Å². The summed E-state index contributed by atoms with van der Waals surface area (Å²) in [7, 11) is 0. The van der Waals surface area contributed by atoms with Gasteiger partial charge in [-0.2, -0.15) is 0 Å². The number of furan rings is 1. The van der Waals surface area contributed by atoms with Crippen LogP contribution in [0.4, 0.5) is 0 Å². The molecule has 21 heavy (non-hydrogen) atoms. The third kappa shape index (κ3) is 3.16. The lowest BCUT2D eigenvalue weighted by molar-refractivity contribution is 0.272. The predicted octanol–water partition coefficient (Wildman–Crippen LogP) is 5.22. The van der Waals surface area contributed by atoms with E-state index in [-0.39, 0.29) is 6.04 Å². The number of rotatable bonds is 4. The van der Waals surface area contributed by atoms with Gasteiger partial charge >= 0.3 is 0 Å². The monoisotopic (exact) mass is 285 g/mol. The lowest BCUT2D eigenvalue weighted by Gasteiger charge is -2.27. The molecule has 1 aliphatic carbocycles. The lowest BCUT2D eigenvalue weighted by Crippen LogP contribution is -2.28. The molecule has 0 amide bonds. The van der Waals surface area contributed by atoms with E-state index in [1.807, 2.05) is 6.07 Å². The third-order valence-electron chi connectivity index (χ3n) is 5.12. The van der Waals surface area contributed by atoms with Crippen LogP contribution < -0.4 is 5.32 Å². The molecule has 1 aliphatic rings. The van der Waals surface area contributed by atoms with E-state index in [0.29, 0.717) is 0 Å². The highest BCUT2D eigenvalue weighted by atomic mass is 16.3. The number of nitrogens with one attached hydrogen (secondary N) is 1. The van der Waals surface area contributed by atoms with Crippen molar-refractivity contribution < 1.29 is 4.42 Å². The summed E-state index contributed by atoms with van der Waals surface area (Å²) in [5, 5.41) is 4.93. The van der Waals surface area contributed by atoms with Crippen LogP contribution in [0.15, 0.2) is 28.7 Å². The number of fused-ring (bicyclic) bond motifs is 1. The molecule has 2 aromatic rings. The van der Waals surface area contributed by atoms with Crippen molar-refractivity contribution in [2.75, 3.05) is 6.54 Å². The fourth-order valence-electron chi connectivity index (χ4n) is 3.58. The Morgan fingerprint density at radius 2 is 1.90 bits per heavy atom. The molecular formula is C19H27NO. The van der Waals surface area contributed by atoms with Crippen LogP contribution in [0.1, 0.15) is 56.9 Å². The normalized spacial score (nSPS) is 24.3. The maximum absolute atomic E-state index is 6.06. The summed E-state index contributed by atoms with van der Waals surface area (Å²) >= 11 is 0. The molecule has 0 aliphatic heterocycles. The second-order valence-corrected chi connectivity index (χ2v) is 6.84. The van der Waals surface area contributed by atoms with Crippen LogP contribution in [-0.4, -0.2) is 6.54 Å². The number of hydrogen-bond donors (Lipinski definition) is 1. The van der Waals surface area contributed by atoms with Crippen LogP contribution in [0.3, 0.4) is 0 Å². The standard InChI is InChI=1S/C19H27NO/c1-13-8-10-16(11-9-13)12-20-15(3)19-14(2)17-6-4-5-7-18(17)21-19/h4-7,13,15-16,20H,8-12H2,1-3H3. The largest absolute Gasteiger partial charge is 0.459 e. The van der Waals surface area contributed by atoms with Crippen molar-refractivity contribution in [1.29, 1.82) is 0 Å². The Morgan fingerprint density at radius 3 is 2.62 bits per heavy atom. The Labute approximate surface area is 127 Å². The first-order chi connectivity index (χ1) is 10.1. The SMILES string of the molecule is Cc1c(C(C)NCC2CCC(C)CC2)oc2ccccc12. The second kappa shape index (κ2) is 6.23. The van der Waals surface area contributed by atoms with Crippen molar-refractivity contribution in [3.05, 3.63) is 35.6 Å². The first kappa shape index (κ1) is 14.6. The van der Waals surface area contributed by atoms with E-state index in [1.54, 1.807) is 0 Å². The van der Waals surface area contributed by atoms with E-state index in [1.165, 1.54) is 36.6 Å². The number of benzene rings is 1. The number of aryl methyl sites for hydroxylation is 1. The zero-order valence-corrected chi connectivity index (χ0v) is 13.5. The summed E-state index contributed by atoms with van der Waals surface area (Å²) < 4.78 is 6.06. The molecule has 0 radical (unpaired) electrons. The first-order valence-corrected chi connectivity index (χ1v) is 8.36. The van der Waals surface area contributed by atoms with Gasteiger partial charge in [0.15, 0.2) is 0 Å². The van der Waals surface area contributed by atoms with Crippen LogP contribution in [0.5, 0.6) is 0 Å². The molecule has 2 heteroatoms. The zero-order chi connectivity index (χ0) is 14.8. The molecule has 1 atom stereocenters. The molecule has 2 nitrogen and oxygen atoms in total. The maximum atomic E-state index is 6.06. The van der Waals surface area contributed by atoms with Gasteiger partial charge < -0.3 is 9.73 Å². The molecule has 114 valence electrons. The second-order valence-electron chi connectivity index (χ2n) is 6.84. The molecule has 1 fully saturated rings. The smallest absolute Gasteiger partial charge is 0.134 e. The van der Waals surface area contributed by atoms with E-state index in [2.05, 4.69) is 44.3 Å². The van der Waals surface area contributed by atoms with E-state index >= 15 is 0 Å². The average molecular weight is 285 g/mol. The fraction of sp³-hybridized carbons (Fsp3) is 0.579. The van der Waals surface area contributed by atoms with Crippen molar-refractivity contribution in [2.24, 2.45) is 11.8 Å². The summed E-state index contributed by atoms with van der Waals surface area (Å²) in [5.74, 6) is 2.87. The van der Waals surface area contributed by atoms with E-state index in [9.17, 15) is 0 Å². The van der Waals surface area contributed by atoms with Crippen LogP contribution in [-0.2, 0) is 0 Å². The minimum absolute atomic E-state index is 0.289. The summed E-state index contributed by atoms with van der Waals surface area (Å²) in [5.41, 5.74) is 2.29. The molecular weight excluding hydrogens is 258 g/mol. The van der Waals surface area contributed by atoms with Crippen LogP contribution in [0.2, 0.25) is 0 Å². The van der Waals surface area contributed by atoms with Gasteiger partial charge in [-0.25, -0.2) is 0 Å². The van der Waals surface area contributed by atoms with E-state index in [4.69, 9.17) is 4.42 Å². The molecule has 1 aromatic carbocycles. The molecule has 0 spiro atoms. The van der Waals surface area contributed by atoms with Gasteiger partial charge in [0, 0.05) is 5.39 Å². The van der Waals surface area contributed by atoms with Crippen molar-refractivity contribution >= 4 is 11.0 Å². The van der Waals surface area contributed by atoms with Gasteiger partial charge in [-0.1, -0.05) is 38.0 Å². The Morgan fingerprint density at radius 1 is 1.19 bits per heavy atom. The van der Waals surface area contributed by atoms with E-state index < -0.39 is 0 Å². The molecule has 1 heterocycles. The third-order valence-corrected chi connectivity index (χ3v) is 5.12. The summed E-state index contributed by atoms with van der Waals surface area (Å²) in [6.45, 7) is 7.88. The topological polar surface area (TPSA) is 25.2 Å². The molecule has 0 saturated heterocycles. The van der Waals surface area contributed by atoms with Gasteiger partial charge in [-0.05, 0) is 56.7 Å². The molecule has 0 bridgehead atoms. The van der Waals surface area contributed by atoms with Crippen molar-refractivity contribution in [1.82, 2.24) is 5.32 Å². The van der Waals surface area contributed by atoms with Gasteiger partial charge in [0.25, 0.3) is 0 Å². The molecule has 1 aromatic heterocycles. The van der Waals surface area contributed by atoms with Crippen LogP contribution >= 0.6 is 0 Å². The first-order valence-electron chi connectivity index (χ1n) is 8.36. The Kier molecular flexibility index (Phi) is 4.34. The fourth-order valence-corrected chi connectivity index (χ4v) is 3.58. The quantitative estimate of drug-likeness (QED) is 0.833. The maximum Gasteiger partial charge on any atom is 0.134 e. The molecule has 3 rings (SSSR count). The minimum atomic E-state index is 0.289. The zero-order valence-electron chi connectivity index (χ0n) is 13.5. The van der Waals surface area contributed by atoms with Gasteiger partial charge in [0.05, 0.1) is 6.04 Å². The van der Waals surface area contributed by atoms with Crippen LogP contribution in [0.25, 0.3) is 11.0 Å². The van der Waals surface area contributed by atoms with Gasteiger partial charge in [-0.15, -0.1) is 0 Å². The Balaban J connectivity index is 1.64. The summed E-state index contributed by atoms with van der Waals surface area (Å²) in [6, 6.07) is 8.61. The Bertz CT molecular complexity index is 593. The summed E-state index contributed by atoms with van der Waals surface area (Å²) in [4.78, 5) is 0.